The molecule has 1 unspecified atom stereocenters. The lowest BCUT2D eigenvalue weighted by Gasteiger charge is -2.32. The molecule has 0 bridgehead atoms. The summed E-state index contributed by atoms with van der Waals surface area (Å²) in [4.78, 5) is 37.8. The zero-order valence-corrected chi connectivity index (χ0v) is 16.0. The van der Waals surface area contributed by atoms with E-state index in [2.05, 4.69) is 21.3 Å². The van der Waals surface area contributed by atoms with Gasteiger partial charge in [-0.15, -0.1) is 0 Å². The standard InChI is InChI=1S/C19H29N5O3/c1-3-11-21-18(26)22-15-7-9-16(10-8-15)23-19(27)24-12-5-6-14(13-24)17(25)20-4-2/h7-10,14H,3-6,11-13H2,1-2H3,(H,20,25)(H,23,27)(H2,21,22,26). The molecule has 148 valence electrons. The van der Waals surface area contributed by atoms with Crippen LogP contribution in [0.2, 0.25) is 0 Å². The zero-order chi connectivity index (χ0) is 19.6. The van der Waals surface area contributed by atoms with Gasteiger partial charge < -0.3 is 26.2 Å². The van der Waals surface area contributed by atoms with E-state index in [0.717, 1.165) is 19.3 Å². The second kappa shape index (κ2) is 10.4. The number of benzene rings is 1. The molecule has 8 nitrogen and oxygen atoms in total. The van der Waals surface area contributed by atoms with E-state index in [0.29, 0.717) is 37.6 Å². The van der Waals surface area contributed by atoms with Crippen molar-refractivity contribution in [3.63, 3.8) is 0 Å². The molecule has 1 aromatic carbocycles. The number of nitrogens with zero attached hydrogens (tertiary/aromatic N) is 1. The van der Waals surface area contributed by atoms with Crippen LogP contribution in [0.15, 0.2) is 24.3 Å². The van der Waals surface area contributed by atoms with Crippen LogP contribution in [0.3, 0.4) is 0 Å². The van der Waals surface area contributed by atoms with E-state index in [-0.39, 0.29) is 23.9 Å². The van der Waals surface area contributed by atoms with Gasteiger partial charge in [-0.2, -0.15) is 0 Å². The highest BCUT2D eigenvalue weighted by Gasteiger charge is 2.28. The fourth-order valence-electron chi connectivity index (χ4n) is 2.95. The van der Waals surface area contributed by atoms with E-state index in [1.807, 2.05) is 13.8 Å². The molecule has 1 atom stereocenters. The molecule has 2 rings (SSSR count). The minimum absolute atomic E-state index is 0.00627. The third kappa shape index (κ3) is 6.47. The second-order valence-corrected chi connectivity index (χ2v) is 6.57. The molecule has 1 saturated heterocycles. The lowest BCUT2D eigenvalue weighted by Crippen LogP contribution is -2.46. The zero-order valence-electron chi connectivity index (χ0n) is 16.0. The number of rotatable bonds is 6. The van der Waals surface area contributed by atoms with Crippen LogP contribution >= 0.6 is 0 Å². The Morgan fingerprint density at radius 2 is 1.70 bits per heavy atom. The highest BCUT2D eigenvalue weighted by molar-refractivity contribution is 5.92. The van der Waals surface area contributed by atoms with E-state index < -0.39 is 0 Å². The van der Waals surface area contributed by atoms with Crippen molar-refractivity contribution in [1.82, 2.24) is 15.5 Å². The summed E-state index contributed by atoms with van der Waals surface area (Å²) in [6.07, 6.45) is 2.48. The molecular formula is C19H29N5O3. The molecular weight excluding hydrogens is 346 g/mol. The van der Waals surface area contributed by atoms with Crippen LogP contribution in [0.4, 0.5) is 21.0 Å². The van der Waals surface area contributed by atoms with Crippen LogP contribution < -0.4 is 21.3 Å². The summed E-state index contributed by atoms with van der Waals surface area (Å²) in [5.74, 6) is -0.149. The molecule has 0 spiro atoms. The van der Waals surface area contributed by atoms with Crippen molar-refractivity contribution in [2.75, 3.05) is 36.8 Å². The van der Waals surface area contributed by atoms with Gasteiger partial charge in [-0.3, -0.25) is 4.79 Å². The summed E-state index contributed by atoms with van der Waals surface area (Å²) in [6, 6.07) is 6.46. The Kier molecular flexibility index (Phi) is 7.91. The van der Waals surface area contributed by atoms with Crippen LogP contribution in [0.5, 0.6) is 0 Å². The molecule has 4 N–H and O–H groups in total. The van der Waals surface area contributed by atoms with Gasteiger partial charge in [0.2, 0.25) is 5.91 Å². The third-order valence-electron chi connectivity index (χ3n) is 4.36. The van der Waals surface area contributed by atoms with Gasteiger partial charge in [0, 0.05) is 37.6 Å². The first-order chi connectivity index (χ1) is 13.0. The molecule has 1 aliphatic heterocycles. The van der Waals surface area contributed by atoms with Gasteiger partial charge >= 0.3 is 12.1 Å². The predicted octanol–water partition coefficient (Wildman–Crippen LogP) is 2.60. The maximum atomic E-state index is 12.5. The number of likely N-dealkylation sites (tertiary alicyclic amines) is 1. The van der Waals surface area contributed by atoms with Crippen molar-refractivity contribution in [2.24, 2.45) is 5.92 Å². The number of hydrogen-bond acceptors (Lipinski definition) is 3. The van der Waals surface area contributed by atoms with Crippen molar-refractivity contribution in [3.05, 3.63) is 24.3 Å². The van der Waals surface area contributed by atoms with Crippen LogP contribution in [-0.4, -0.2) is 49.0 Å². The van der Waals surface area contributed by atoms with Crippen molar-refractivity contribution < 1.29 is 14.4 Å². The van der Waals surface area contributed by atoms with Crippen molar-refractivity contribution >= 4 is 29.3 Å². The fraction of sp³-hybridized carbons (Fsp3) is 0.526. The fourth-order valence-corrected chi connectivity index (χ4v) is 2.95. The molecule has 1 heterocycles. The van der Waals surface area contributed by atoms with Crippen molar-refractivity contribution in [2.45, 2.75) is 33.1 Å². The first-order valence-electron chi connectivity index (χ1n) is 9.52. The molecule has 5 amide bonds. The molecule has 27 heavy (non-hydrogen) atoms. The van der Waals surface area contributed by atoms with E-state index in [1.54, 1.807) is 29.2 Å². The molecule has 1 fully saturated rings. The summed E-state index contributed by atoms with van der Waals surface area (Å²) in [5, 5.41) is 11.1. The average molecular weight is 375 g/mol. The predicted molar refractivity (Wildman–Crippen MR) is 106 cm³/mol. The highest BCUT2D eigenvalue weighted by atomic mass is 16.2. The number of nitrogens with one attached hydrogen (secondary N) is 4. The Hall–Kier alpha value is -2.77. The molecule has 0 radical (unpaired) electrons. The normalized spacial score (nSPS) is 16.4. The van der Waals surface area contributed by atoms with E-state index in [9.17, 15) is 14.4 Å². The van der Waals surface area contributed by atoms with Crippen LogP contribution in [0.1, 0.15) is 33.1 Å². The number of piperidine rings is 1. The highest BCUT2D eigenvalue weighted by Crippen LogP contribution is 2.19. The molecule has 0 saturated carbocycles. The topological polar surface area (TPSA) is 103 Å². The van der Waals surface area contributed by atoms with E-state index in [4.69, 9.17) is 0 Å². The summed E-state index contributed by atoms with van der Waals surface area (Å²) in [5.41, 5.74) is 1.29. The van der Waals surface area contributed by atoms with Gasteiger partial charge in [-0.1, -0.05) is 6.92 Å². The average Bonchev–Trinajstić information content (AvgIpc) is 2.68. The molecule has 0 aromatic heterocycles. The Bertz CT molecular complexity index is 647. The monoisotopic (exact) mass is 375 g/mol. The number of urea groups is 2. The van der Waals surface area contributed by atoms with Crippen molar-refractivity contribution in [1.29, 1.82) is 0 Å². The Balaban J connectivity index is 1.86. The van der Waals surface area contributed by atoms with Gasteiger partial charge in [0.1, 0.15) is 0 Å². The quantitative estimate of drug-likeness (QED) is 0.614. The summed E-state index contributed by atoms with van der Waals surface area (Å²) < 4.78 is 0. The maximum Gasteiger partial charge on any atom is 0.321 e. The minimum atomic E-state index is -0.252. The van der Waals surface area contributed by atoms with Crippen molar-refractivity contribution in [3.8, 4) is 0 Å². The first-order valence-corrected chi connectivity index (χ1v) is 9.52. The van der Waals surface area contributed by atoms with Gasteiger partial charge in [0.25, 0.3) is 0 Å². The summed E-state index contributed by atoms with van der Waals surface area (Å²) in [7, 11) is 0. The number of carbonyl (C=O) groups is 3. The maximum absolute atomic E-state index is 12.5. The largest absolute Gasteiger partial charge is 0.356 e. The van der Waals surface area contributed by atoms with Crippen LogP contribution in [0.25, 0.3) is 0 Å². The van der Waals surface area contributed by atoms with E-state index in [1.165, 1.54) is 0 Å². The Labute approximate surface area is 160 Å². The van der Waals surface area contributed by atoms with Gasteiger partial charge in [-0.25, -0.2) is 9.59 Å². The lowest BCUT2D eigenvalue weighted by atomic mass is 9.97. The second-order valence-electron chi connectivity index (χ2n) is 6.57. The van der Waals surface area contributed by atoms with Crippen LogP contribution in [-0.2, 0) is 4.79 Å². The number of anilines is 2. The van der Waals surface area contributed by atoms with Gasteiger partial charge in [0.15, 0.2) is 0 Å². The van der Waals surface area contributed by atoms with E-state index >= 15 is 0 Å². The third-order valence-corrected chi connectivity index (χ3v) is 4.36. The Morgan fingerprint density at radius 1 is 1.04 bits per heavy atom. The molecule has 8 heteroatoms. The molecule has 1 aliphatic rings. The Morgan fingerprint density at radius 3 is 2.33 bits per heavy atom. The molecule has 0 aliphatic carbocycles. The first kappa shape index (κ1) is 20.5. The number of hydrogen-bond donors (Lipinski definition) is 4. The van der Waals surface area contributed by atoms with Gasteiger partial charge in [-0.05, 0) is 50.5 Å². The van der Waals surface area contributed by atoms with Crippen LogP contribution in [0, 0.1) is 5.92 Å². The summed E-state index contributed by atoms with van der Waals surface area (Å²) >= 11 is 0. The smallest absolute Gasteiger partial charge is 0.321 e. The number of carbonyl (C=O) groups excluding carboxylic acids is 3. The lowest BCUT2D eigenvalue weighted by molar-refractivity contribution is -0.126. The SMILES string of the molecule is CCCNC(=O)Nc1ccc(NC(=O)N2CCCC(C(=O)NCC)C2)cc1. The minimum Gasteiger partial charge on any atom is -0.356 e. The molecule has 1 aromatic rings. The van der Waals surface area contributed by atoms with Gasteiger partial charge in [0.05, 0.1) is 5.92 Å². The summed E-state index contributed by atoms with van der Waals surface area (Å²) in [6.45, 7) is 6.15. The number of amides is 5.